The van der Waals surface area contributed by atoms with Crippen LogP contribution in [-0.2, 0) is 4.79 Å². The summed E-state index contributed by atoms with van der Waals surface area (Å²) in [5.74, 6) is -2.69. The van der Waals surface area contributed by atoms with Gasteiger partial charge < -0.3 is 15.2 Å². The van der Waals surface area contributed by atoms with E-state index in [9.17, 15) is 18.4 Å². The summed E-state index contributed by atoms with van der Waals surface area (Å²) in [6, 6.07) is 0.628. The number of carbonyl (C=O) groups is 2. The van der Waals surface area contributed by atoms with E-state index in [0.717, 1.165) is 11.3 Å². The van der Waals surface area contributed by atoms with Crippen LogP contribution in [0.2, 0.25) is 0 Å². The number of amides is 1. The molecule has 5 nitrogen and oxygen atoms in total. The first kappa shape index (κ1) is 15.4. The molecular formula is C11H13F2NO4S. The number of aliphatic carboxylic acids is 1. The molecule has 2 atom stereocenters. The Morgan fingerprint density at radius 2 is 2.05 bits per heavy atom. The quantitative estimate of drug-likeness (QED) is 0.843. The molecule has 2 unspecified atom stereocenters. The van der Waals surface area contributed by atoms with Crippen LogP contribution in [0.4, 0.5) is 8.78 Å². The van der Waals surface area contributed by atoms with Crippen LogP contribution in [0.5, 0.6) is 5.75 Å². The van der Waals surface area contributed by atoms with Crippen LogP contribution in [0.15, 0.2) is 11.4 Å². The van der Waals surface area contributed by atoms with Crippen molar-refractivity contribution in [3.63, 3.8) is 0 Å². The van der Waals surface area contributed by atoms with Gasteiger partial charge in [-0.2, -0.15) is 8.78 Å². The average molecular weight is 293 g/mol. The molecule has 1 amide bonds. The van der Waals surface area contributed by atoms with E-state index >= 15 is 0 Å². The SMILES string of the molecule is CC(NC(=O)c1sccc1OC(F)F)C(C)C(=O)O. The van der Waals surface area contributed by atoms with E-state index in [4.69, 9.17) is 5.11 Å². The van der Waals surface area contributed by atoms with E-state index in [-0.39, 0.29) is 10.6 Å². The normalized spacial score (nSPS) is 13.9. The lowest BCUT2D eigenvalue weighted by molar-refractivity contribution is -0.141. The number of alkyl halides is 2. The van der Waals surface area contributed by atoms with Gasteiger partial charge in [-0.25, -0.2) is 0 Å². The largest absolute Gasteiger partial charge is 0.481 e. The summed E-state index contributed by atoms with van der Waals surface area (Å²) < 4.78 is 28.4. The van der Waals surface area contributed by atoms with E-state index in [1.165, 1.54) is 25.3 Å². The van der Waals surface area contributed by atoms with Crippen molar-refractivity contribution in [1.82, 2.24) is 5.32 Å². The highest BCUT2D eigenvalue weighted by Crippen LogP contribution is 2.26. The van der Waals surface area contributed by atoms with Gasteiger partial charge in [-0.05, 0) is 25.3 Å². The summed E-state index contributed by atoms with van der Waals surface area (Å²) in [6.45, 7) is -0.0487. The van der Waals surface area contributed by atoms with Gasteiger partial charge in [0.1, 0.15) is 10.6 Å². The van der Waals surface area contributed by atoms with Gasteiger partial charge in [-0.3, -0.25) is 9.59 Å². The lowest BCUT2D eigenvalue weighted by Gasteiger charge is -2.17. The van der Waals surface area contributed by atoms with Gasteiger partial charge >= 0.3 is 12.6 Å². The molecule has 1 aromatic rings. The van der Waals surface area contributed by atoms with Crippen LogP contribution in [0.25, 0.3) is 0 Å². The number of thiophene rings is 1. The molecule has 8 heteroatoms. The Morgan fingerprint density at radius 3 is 2.58 bits per heavy atom. The molecule has 19 heavy (non-hydrogen) atoms. The highest BCUT2D eigenvalue weighted by Gasteiger charge is 2.24. The number of rotatable bonds is 6. The van der Waals surface area contributed by atoms with Gasteiger partial charge in [0.05, 0.1) is 5.92 Å². The van der Waals surface area contributed by atoms with E-state index < -0.39 is 30.4 Å². The number of halogens is 2. The predicted molar refractivity (Wildman–Crippen MR) is 64.7 cm³/mol. The van der Waals surface area contributed by atoms with Crippen LogP contribution >= 0.6 is 11.3 Å². The van der Waals surface area contributed by atoms with E-state index in [1.807, 2.05) is 0 Å². The fraction of sp³-hybridized carbons (Fsp3) is 0.455. The molecule has 0 aliphatic rings. The molecule has 0 aliphatic carbocycles. The molecule has 1 heterocycles. The zero-order valence-corrected chi connectivity index (χ0v) is 11.0. The van der Waals surface area contributed by atoms with Crippen molar-refractivity contribution in [3.8, 4) is 5.75 Å². The van der Waals surface area contributed by atoms with Crippen LogP contribution in [0, 0.1) is 5.92 Å². The number of hydrogen-bond donors (Lipinski definition) is 2. The molecule has 2 N–H and O–H groups in total. The number of ether oxygens (including phenoxy) is 1. The summed E-state index contributed by atoms with van der Waals surface area (Å²) in [5, 5.41) is 12.7. The maximum Gasteiger partial charge on any atom is 0.387 e. The summed E-state index contributed by atoms with van der Waals surface area (Å²) in [7, 11) is 0. The maximum atomic E-state index is 12.1. The van der Waals surface area contributed by atoms with E-state index in [2.05, 4.69) is 10.1 Å². The van der Waals surface area contributed by atoms with Crippen molar-refractivity contribution in [1.29, 1.82) is 0 Å². The lowest BCUT2D eigenvalue weighted by atomic mass is 10.0. The minimum Gasteiger partial charge on any atom is -0.481 e. The Bertz CT molecular complexity index is 463. The molecule has 0 radical (unpaired) electrons. The van der Waals surface area contributed by atoms with Crippen molar-refractivity contribution in [3.05, 3.63) is 16.3 Å². The zero-order chi connectivity index (χ0) is 14.6. The fourth-order valence-electron chi connectivity index (χ4n) is 1.26. The maximum absolute atomic E-state index is 12.1. The second-order valence-electron chi connectivity index (χ2n) is 3.88. The molecule has 0 saturated heterocycles. The Labute approximate surface area is 112 Å². The predicted octanol–water partition coefficient (Wildman–Crippen LogP) is 2.19. The van der Waals surface area contributed by atoms with Crippen molar-refractivity contribution in [2.45, 2.75) is 26.5 Å². The minimum absolute atomic E-state index is 0.00950. The summed E-state index contributed by atoms with van der Waals surface area (Å²) in [4.78, 5) is 22.6. The number of hydrogen-bond acceptors (Lipinski definition) is 4. The molecule has 0 spiro atoms. The Hall–Kier alpha value is -1.70. The van der Waals surface area contributed by atoms with Gasteiger partial charge in [0.25, 0.3) is 5.91 Å². The third-order valence-electron chi connectivity index (χ3n) is 2.55. The first-order valence-electron chi connectivity index (χ1n) is 5.39. The molecule has 0 aliphatic heterocycles. The van der Waals surface area contributed by atoms with Crippen molar-refractivity contribution >= 4 is 23.2 Å². The number of carboxylic acid groups (broad SMARTS) is 1. The van der Waals surface area contributed by atoms with Gasteiger partial charge in [0.2, 0.25) is 0 Å². The van der Waals surface area contributed by atoms with Crippen LogP contribution < -0.4 is 10.1 Å². The summed E-state index contributed by atoms with van der Waals surface area (Å²) in [6.07, 6.45) is 0. The highest BCUT2D eigenvalue weighted by molar-refractivity contribution is 7.12. The molecule has 0 fully saturated rings. The molecule has 106 valence electrons. The second-order valence-corrected chi connectivity index (χ2v) is 4.80. The van der Waals surface area contributed by atoms with Crippen LogP contribution in [0.3, 0.4) is 0 Å². The average Bonchev–Trinajstić information content (AvgIpc) is 2.74. The van der Waals surface area contributed by atoms with Crippen molar-refractivity contribution in [2.24, 2.45) is 5.92 Å². The van der Waals surface area contributed by atoms with Crippen LogP contribution in [-0.4, -0.2) is 29.6 Å². The first-order valence-corrected chi connectivity index (χ1v) is 6.26. The molecule has 1 rings (SSSR count). The Balaban J connectivity index is 2.73. The highest BCUT2D eigenvalue weighted by atomic mass is 32.1. The fourth-order valence-corrected chi connectivity index (χ4v) is 1.99. The third-order valence-corrected chi connectivity index (χ3v) is 3.44. The first-order chi connectivity index (χ1) is 8.82. The van der Waals surface area contributed by atoms with Gasteiger partial charge in [0.15, 0.2) is 0 Å². The third kappa shape index (κ3) is 4.16. The summed E-state index contributed by atoms with van der Waals surface area (Å²) >= 11 is 0.944. The minimum atomic E-state index is -3.02. The monoisotopic (exact) mass is 293 g/mol. The van der Waals surface area contributed by atoms with Crippen molar-refractivity contribution < 1.29 is 28.2 Å². The number of nitrogens with one attached hydrogen (secondary N) is 1. The van der Waals surface area contributed by atoms with Gasteiger partial charge in [0, 0.05) is 6.04 Å². The topological polar surface area (TPSA) is 75.6 Å². The number of carboxylic acids is 1. The number of carbonyl (C=O) groups excluding carboxylic acids is 1. The van der Waals surface area contributed by atoms with Gasteiger partial charge in [-0.1, -0.05) is 0 Å². The zero-order valence-electron chi connectivity index (χ0n) is 10.2. The van der Waals surface area contributed by atoms with E-state index in [1.54, 1.807) is 0 Å². The Kier molecular flexibility index (Phi) is 5.22. The lowest BCUT2D eigenvalue weighted by Crippen LogP contribution is -2.39. The Morgan fingerprint density at radius 1 is 1.42 bits per heavy atom. The smallest absolute Gasteiger partial charge is 0.387 e. The summed E-state index contributed by atoms with van der Waals surface area (Å²) in [5.41, 5.74) is 0. The van der Waals surface area contributed by atoms with Gasteiger partial charge in [-0.15, -0.1) is 11.3 Å². The molecular weight excluding hydrogens is 280 g/mol. The standard InChI is InChI=1S/C11H13F2NO4S/c1-5(10(16)17)6(2)14-9(15)8-7(3-4-19-8)18-11(12)13/h3-6,11H,1-2H3,(H,14,15)(H,16,17). The van der Waals surface area contributed by atoms with Crippen molar-refractivity contribution in [2.75, 3.05) is 0 Å². The second kappa shape index (κ2) is 6.46. The van der Waals surface area contributed by atoms with E-state index in [0.29, 0.717) is 0 Å². The molecule has 0 bridgehead atoms. The molecule has 0 saturated carbocycles. The van der Waals surface area contributed by atoms with Crippen LogP contribution in [0.1, 0.15) is 23.5 Å². The molecule has 1 aromatic heterocycles. The molecule has 0 aromatic carbocycles.